The average Bonchev–Trinajstić information content (AvgIpc) is 3.34. The van der Waals surface area contributed by atoms with Crippen molar-refractivity contribution < 1.29 is 19.4 Å². The number of benzene rings is 1. The molecule has 5 rings (SSSR count). The Balaban J connectivity index is 1.22. The van der Waals surface area contributed by atoms with Crippen molar-refractivity contribution in [1.82, 2.24) is 0 Å². The molecule has 0 saturated heterocycles. The number of hydrogen-bond acceptors (Lipinski definition) is 4. The Morgan fingerprint density at radius 2 is 1.86 bits per heavy atom. The molecule has 1 aromatic carbocycles. The van der Waals surface area contributed by atoms with Crippen LogP contribution in [-0.2, 0) is 9.53 Å². The highest BCUT2D eigenvalue weighted by molar-refractivity contribution is 5.87. The minimum atomic E-state index is -0.304. The Hall–Kier alpha value is -2.49. The Kier molecular flexibility index (Phi) is 9.54. The third kappa shape index (κ3) is 6.22. The van der Waals surface area contributed by atoms with Crippen LogP contribution >= 0.6 is 0 Å². The summed E-state index contributed by atoms with van der Waals surface area (Å²) in [6.07, 6.45) is 21.6. The molecule has 3 fully saturated rings. The van der Waals surface area contributed by atoms with Gasteiger partial charge in [0.05, 0.1) is 7.11 Å². The summed E-state index contributed by atoms with van der Waals surface area (Å²) in [6, 6.07) is 5.04. The zero-order chi connectivity index (χ0) is 30.9. The maximum Gasteiger partial charge on any atom is 0.331 e. The second-order valence-corrected chi connectivity index (χ2v) is 15.1. The molecule has 4 aliphatic carbocycles. The van der Waals surface area contributed by atoms with E-state index in [2.05, 4.69) is 59.8 Å². The van der Waals surface area contributed by atoms with Crippen molar-refractivity contribution in [3.05, 3.63) is 53.6 Å². The molecule has 0 aromatic heterocycles. The third-order valence-corrected chi connectivity index (χ3v) is 12.7. The van der Waals surface area contributed by atoms with Crippen LogP contribution in [0.5, 0.6) is 11.5 Å². The number of methoxy groups -OCH3 is 1. The lowest BCUT2D eigenvalue weighted by Crippen LogP contribution is -2.51. The number of aromatic hydroxyl groups is 1. The van der Waals surface area contributed by atoms with Crippen molar-refractivity contribution in [3.8, 4) is 11.5 Å². The number of phenols is 1. The van der Waals surface area contributed by atoms with E-state index in [0.29, 0.717) is 28.9 Å². The molecule has 0 unspecified atom stereocenters. The minimum absolute atomic E-state index is 0.0579. The molecule has 4 heteroatoms. The molecule has 236 valence electrons. The van der Waals surface area contributed by atoms with Gasteiger partial charge in [0.2, 0.25) is 0 Å². The quantitative estimate of drug-likeness (QED) is 0.177. The summed E-state index contributed by atoms with van der Waals surface area (Å²) >= 11 is 0. The summed E-state index contributed by atoms with van der Waals surface area (Å²) in [5.74, 6) is 5.39. The van der Waals surface area contributed by atoms with E-state index in [1.807, 2.05) is 0 Å². The summed E-state index contributed by atoms with van der Waals surface area (Å²) in [4.78, 5) is 12.7. The molecular weight excluding hydrogens is 532 g/mol. The van der Waals surface area contributed by atoms with Crippen molar-refractivity contribution in [2.45, 2.75) is 105 Å². The predicted molar refractivity (Wildman–Crippen MR) is 176 cm³/mol. The molecule has 1 N–H and O–H groups in total. The molecule has 0 heterocycles. The lowest BCUT2D eigenvalue weighted by Gasteiger charge is -2.58. The summed E-state index contributed by atoms with van der Waals surface area (Å²) in [5, 5.41) is 9.82. The molecule has 0 radical (unpaired) electrons. The van der Waals surface area contributed by atoms with Gasteiger partial charge in [-0.2, -0.15) is 0 Å². The number of allylic oxidation sites excluding steroid dienone is 3. The summed E-state index contributed by atoms with van der Waals surface area (Å²) < 4.78 is 11.1. The number of rotatable bonds is 9. The average molecular weight is 589 g/mol. The summed E-state index contributed by atoms with van der Waals surface area (Å²) in [6.45, 7) is 14.7. The number of carbonyl (C=O) groups is 1. The highest BCUT2D eigenvalue weighted by atomic mass is 16.5. The highest BCUT2D eigenvalue weighted by Gasteiger charge is 2.59. The van der Waals surface area contributed by atoms with Gasteiger partial charge in [-0.25, -0.2) is 4.79 Å². The number of ether oxygens (including phenoxy) is 2. The van der Waals surface area contributed by atoms with Crippen molar-refractivity contribution in [1.29, 1.82) is 0 Å². The van der Waals surface area contributed by atoms with Crippen LogP contribution in [0.3, 0.4) is 0 Å². The number of esters is 1. The van der Waals surface area contributed by atoms with Gasteiger partial charge in [0.1, 0.15) is 6.10 Å². The SMILES string of the molecule is CC[C@H](/C=C/[C@@H](C)[C@H]1CC[C@H]2[C@@H]3CC=C4C[C@@H](OC(=O)C=Cc5ccc(O)c(OC)c5)CC[C@]4(C)[C@H]3CC[C@]12C)C(C)C. The highest BCUT2D eigenvalue weighted by Crippen LogP contribution is 2.67. The maximum atomic E-state index is 12.7. The summed E-state index contributed by atoms with van der Waals surface area (Å²) in [7, 11) is 1.52. The van der Waals surface area contributed by atoms with Crippen molar-refractivity contribution in [2.24, 2.45) is 52.3 Å². The number of phenolic OH excluding ortho intramolecular Hbond substituents is 1. The molecule has 3 saturated carbocycles. The first kappa shape index (κ1) is 31.9. The molecule has 4 nitrogen and oxygen atoms in total. The van der Waals surface area contributed by atoms with E-state index >= 15 is 0 Å². The van der Waals surface area contributed by atoms with Gasteiger partial charge in [0, 0.05) is 12.5 Å². The first-order chi connectivity index (χ1) is 20.5. The van der Waals surface area contributed by atoms with Gasteiger partial charge in [-0.15, -0.1) is 0 Å². The first-order valence-electron chi connectivity index (χ1n) is 17.1. The van der Waals surface area contributed by atoms with E-state index in [-0.39, 0.29) is 23.2 Å². The van der Waals surface area contributed by atoms with Crippen molar-refractivity contribution in [2.75, 3.05) is 7.11 Å². The smallest absolute Gasteiger partial charge is 0.331 e. The largest absolute Gasteiger partial charge is 0.504 e. The topological polar surface area (TPSA) is 55.8 Å². The maximum absolute atomic E-state index is 12.7. The lowest BCUT2D eigenvalue weighted by molar-refractivity contribution is -0.145. The molecule has 9 atom stereocenters. The summed E-state index contributed by atoms with van der Waals surface area (Å²) in [5.41, 5.74) is 3.01. The number of hydrogen-bond donors (Lipinski definition) is 1. The first-order valence-corrected chi connectivity index (χ1v) is 17.1. The van der Waals surface area contributed by atoms with E-state index < -0.39 is 0 Å². The van der Waals surface area contributed by atoms with E-state index in [1.54, 1.807) is 29.8 Å². The van der Waals surface area contributed by atoms with Crippen LogP contribution in [0, 0.1) is 52.3 Å². The third-order valence-electron chi connectivity index (χ3n) is 12.7. The van der Waals surface area contributed by atoms with Crippen molar-refractivity contribution >= 4 is 12.0 Å². The van der Waals surface area contributed by atoms with Gasteiger partial charge in [0.25, 0.3) is 0 Å². The molecule has 0 bridgehead atoms. The van der Waals surface area contributed by atoms with Gasteiger partial charge in [-0.1, -0.05) is 71.4 Å². The fourth-order valence-electron chi connectivity index (χ4n) is 10.1. The Morgan fingerprint density at radius 1 is 1.07 bits per heavy atom. The van der Waals surface area contributed by atoms with Crippen LogP contribution < -0.4 is 4.74 Å². The number of fused-ring (bicyclic) bond motifs is 5. The van der Waals surface area contributed by atoms with Gasteiger partial charge in [-0.05, 0) is 127 Å². The van der Waals surface area contributed by atoms with Gasteiger partial charge < -0.3 is 14.6 Å². The molecule has 43 heavy (non-hydrogen) atoms. The minimum Gasteiger partial charge on any atom is -0.504 e. The van der Waals surface area contributed by atoms with Gasteiger partial charge in [0.15, 0.2) is 11.5 Å². The second kappa shape index (κ2) is 12.9. The van der Waals surface area contributed by atoms with E-state index in [1.165, 1.54) is 51.7 Å². The standard InChI is InChI=1S/C39H56O4/c1-8-28(25(2)3)12-9-26(4)32-15-16-33-31-14-13-29-24-30(19-21-38(29,5)34(31)20-22-39(32,33)6)43-37(41)18-11-27-10-17-35(40)36(23-27)42-7/h9-13,17-18,23,25-26,28,30-34,40H,8,14-16,19-22,24H2,1-7H3/b12-9+,18-11?/t26-,28-,30+,31+,32-,33+,34+,38+,39-/m1/s1. The fourth-order valence-corrected chi connectivity index (χ4v) is 10.1. The number of carbonyl (C=O) groups excluding carboxylic acids is 1. The molecule has 0 spiro atoms. The fraction of sp³-hybridized carbons (Fsp3) is 0.667. The Labute approximate surface area is 261 Å². The zero-order valence-corrected chi connectivity index (χ0v) is 27.8. The van der Waals surface area contributed by atoms with Crippen molar-refractivity contribution in [3.63, 3.8) is 0 Å². The molecule has 0 amide bonds. The molecular formula is C39H56O4. The van der Waals surface area contributed by atoms with E-state index in [0.717, 1.165) is 48.5 Å². The van der Waals surface area contributed by atoms with Crippen LogP contribution in [0.25, 0.3) is 6.08 Å². The Bertz CT molecular complexity index is 1240. The zero-order valence-electron chi connectivity index (χ0n) is 27.8. The van der Waals surface area contributed by atoms with Crippen LogP contribution in [0.4, 0.5) is 0 Å². The molecule has 0 aliphatic heterocycles. The van der Waals surface area contributed by atoms with Crippen LogP contribution in [-0.4, -0.2) is 24.3 Å². The van der Waals surface area contributed by atoms with E-state index in [4.69, 9.17) is 9.47 Å². The normalized spacial score (nSPS) is 35.3. The van der Waals surface area contributed by atoms with Crippen LogP contribution in [0.2, 0.25) is 0 Å². The Morgan fingerprint density at radius 3 is 2.58 bits per heavy atom. The molecule has 1 aromatic rings. The second-order valence-electron chi connectivity index (χ2n) is 15.1. The van der Waals surface area contributed by atoms with Crippen LogP contribution in [0.1, 0.15) is 105 Å². The molecule has 4 aliphatic rings. The van der Waals surface area contributed by atoms with Gasteiger partial charge in [-0.3, -0.25) is 0 Å². The lowest BCUT2D eigenvalue weighted by atomic mass is 9.47. The van der Waals surface area contributed by atoms with Gasteiger partial charge >= 0.3 is 5.97 Å². The van der Waals surface area contributed by atoms with Crippen LogP contribution in [0.15, 0.2) is 48.1 Å². The monoisotopic (exact) mass is 588 g/mol. The van der Waals surface area contributed by atoms with E-state index in [9.17, 15) is 9.90 Å². The predicted octanol–water partition coefficient (Wildman–Crippen LogP) is 9.78.